The largest absolute Gasteiger partial charge is 0.0845 e. The number of hydrogen-bond donors (Lipinski definition) is 0. The van der Waals surface area contributed by atoms with Crippen LogP contribution in [-0.2, 0) is 0 Å². The highest BCUT2D eigenvalue weighted by Gasteiger charge is 2.37. The van der Waals surface area contributed by atoms with Crippen LogP contribution in [0.15, 0.2) is 23.8 Å². The van der Waals surface area contributed by atoms with Gasteiger partial charge in [0.2, 0.25) is 0 Å². The molecule has 0 saturated heterocycles. The summed E-state index contributed by atoms with van der Waals surface area (Å²) in [5, 5.41) is 0. The van der Waals surface area contributed by atoms with Gasteiger partial charge in [0.25, 0.3) is 0 Å². The molecule has 2 aliphatic carbocycles. The second-order valence-electron chi connectivity index (χ2n) is 4.63. The van der Waals surface area contributed by atoms with E-state index in [0.29, 0.717) is 5.41 Å². The van der Waals surface area contributed by atoms with E-state index in [9.17, 15) is 0 Å². The fourth-order valence-corrected chi connectivity index (χ4v) is 1.92. The van der Waals surface area contributed by atoms with E-state index < -0.39 is 0 Å². The summed E-state index contributed by atoms with van der Waals surface area (Å²) in [4.78, 5) is 0. The molecule has 0 spiro atoms. The van der Waals surface area contributed by atoms with Gasteiger partial charge in [-0.15, -0.1) is 0 Å². The zero-order chi connectivity index (χ0) is 8.44. The van der Waals surface area contributed by atoms with E-state index in [2.05, 4.69) is 25.2 Å². The third kappa shape index (κ3) is 2.00. The summed E-state index contributed by atoms with van der Waals surface area (Å²) in [6, 6.07) is 0. The first-order valence-corrected chi connectivity index (χ1v) is 5.13. The van der Waals surface area contributed by atoms with Crippen LogP contribution >= 0.6 is 0 Å². The van der Waals surface area contributed by atoms with Gasteiger partial charge in [0.05, 0.1) is 0 Å². The zero-order valence-corrected chi connectivity index (χ0v) is 7.97. The first-order chi connectivity index (χ1) is 5.79. The lowest BCUT2D eigenvalue weighted by Gasteiger charge is -2.10. The molecule has 0 nitrogen and oxygen atoms in total. The first kappa shape index (κ1) is 8.10. The molecule has 0 N–H and O–H groups in total. The molecular weight excluding hydrogens is 144 g/mol. The smallest absolute Gasteiger partial charge is 0.0263 e. The van der Waals surface area contributed by atoms with Crippen LogP contribution in [0.5, 0.6) is 0 Å². The summed E-state index contributed by atoms with van der Waals surface area (Å²) < 4.78 is 0. The van der Waals surface area contributed by atoms with Gasteiger partial charge in [0, 0.05) is 0 Å². The quantitative estimate of drug-likeness (QED) is 0.578. The topological polar surface area (TPSA) is 0 Å². The fraction of sp³-hybridized carbons (Fsp3) is 0.667. The maximum Gasteiger partial charge on any atom is -0.0263 e. The minimum absolute atomic E-state index is 0.698. The average Bonchev–Trinajstić information content (AvgIpc) is 2.78. The highest BCUT2D eigenvalue weighted by Crippen LogP contribution is 2.50. The van der Waals surface area contributed by atoms with Gasteiger partial charge < -0.3 is 0 Å². The maximum atomic E-state index is 2.42. The predicted molar refractivity (Wildman–Crippen MR) is 53.0 cm³/mol. The molecule has 0 heterocycles. The molecule has 0 unspecified atom stereocenters. The van der Waals surface area contributed by atoms with E-state index in [1.807, 2.05) is 0 Å². The van der Waals surface area contributed by atoms with Gasteiger partial charge >= 0.3 is 0 Å². The first-order valence-electron chi connectivity index (χ1n) is 5.13. The Morgan fingerprint density at radius 2 is 2.25 bits per heavy atom. The Morgan fingerprint density at radius 1 is 1.42 bits per heavy atom. The second-order valence-corrected chi connectivity index (χ2v) is 4.63. The molecule has 0 aromatic rings. The Hall–Kier alpha value is -0.520. The molecule has 0 amide bonds. The van der Waals surface area contributed by atoms with E-state index in [-0.39, 0.29) is 0 Å². The van der Waals surface area contributed by atoms with Crippen molar-refractivity contribution in [2.45, 2.75) is 45.4 Å². The molecule has 1 fully saturated rings. The Kier molecular flexibility index (Phi) is 2.08. The van der Waals surface area contributed by atoms with E-state index in [0.717, 1.165) is 0 Å². The number of rotatable bonds is 2. The van der Waals surface area contributed by atoms with Crippen molar-refractivity contribution < 1.29 is 0 Å². The van der Waals surface area contributed by atoms with E-state index >= 15 is 0 Å². The molecule has 0 heteroatoms. The van der Waals surface area contributed by atoms with Gasteiger partial charge in [-0.1, -0.05) is 30.7 Å². The number of allylic oxidation sites excluding steroid dienone is 4. The standard InChI is InChI=1S/C12H18/c1-12(8-9-12)10-11-6-4-2-3-5-7-11/h2,4,6H,3,5,7-10H2,1H3. The van der Waals surface area contributed by atoms with Crippen LogP contribution in [0.25, 0.3) is 0 Å². The van der Waals surface area contributed by atoms with Gasteiger partial charge in [-0.2, -0.15) is 0 Å². The van der Waals surface area contributed by atoms with Gasteiger partial charge in [0.1, 0.15) is 0 Å². The zero-order valence-electron chi connectivity index (χ0n) is 7.97. The molecule has 2 rings (SSSR count). The third-order valence-electron chi connectivity index (χ3n) is 3.09. The Balaban J connectivity index is 1.93. The molecule has 12 heavy (non-hydrogen) atoms. The van der Waals surface area contributed by atoms with Crippen molar-refractivity contribution in [3.63, 3.8) is 0 Å². The minimum Gasteiger partial charge on any atom is -0.0845 e. The molecule has 2 aliphatic rings. The minimum atomic E-state index is 0.698. The molecule has 0 bridgehead atoms. The second kappa shape index (κ2) is 3.08. The van der Waals surface area contributed by atoms with Crippen molar-refractivity contribution in [1.29, 1.82) is 0 Å². The van der Waals surface area contributed by atoms with Crippen LogP contribution in [-0.4, -0.2) is 0 Å². The third-order valence-corrected chi connectivity index (χ3v) is 3.09. The average molecular weight is 162 g/mol. The Labute approximate surface area is 75.4 Å². The summed E-state index contributed by atoms with van der Waals surface area (Å²) in [5.41, 5.74) is 2.38. The fourth-order valence-electron chi connectivity index (χ4n) is 1.92. The van der Waals surface area contributed by atoms with Crippen molar-refractivity contribution in [2.24, 2.45) is 5.41 Å². The van der Waals surface area contributed by atoms with Crippen LogP contribution in [0.4, 0.5) is 0 Å². The molecule has 0 atom stereocenters. The van der Waals surface area contributed by atoms with Crippen molar-refractivity contribution >= 4 is 0 Å². The molecule has 0 aromatic carbocycles. The highest BCUT2D eigenvalue weighted by atomic mass is 14.4. The van der Waals surface area contributed by atoms with Crippen LogP contribution < -0.4 is 0 Å². The lowest BCUT2D eigenvalue weighted by Crippen LogP contribution is -1.95. The van der Waals surface area contributed by atoms with Crippen LogP contribution in [0.3, 0.4) is 0 Å². The monoisotopic (exact) mass is 162 g/mol. The van der Waals surface area contributed by atoms with Gasteiger partial charge in [-0.25, -0.2) is 0 Å². The van der Waals surface area contributed by atoms with Crippen molar-refractivity contribution in [3.8, 4) is 0 Å². The summed E-state index contributed by atoms with van der Waals surface area (Å²) in [6.45, 7) is 2.42. The summed E-state index contributed by atoms with van der Waals surface area (Å²) in [6.07, 6.45) is 15.1. The highest BCUT2D eigenvalue weighted by molar-refractivity contribution is 5.18. The van der Waals surface area contributed by atoms with E-state index in [1.54, 1.807) is 5.57 Å². The maximum absolute atomic E-state index is 2.42. The van der Waals surface area contributed by atoms with Crippen molar-refractivity contribution in [3.05, 3.63) is 23.8 Å². The van der Waals surface area contributed by atoms with Gasteiger partial charge in [0.15, 0.2) is 0 Å². The molecule has 0 aliphatic heterocycles. The Bertz CT molecular complexity index is 216. The predicted octanol–water partition coefficient (Wildman–Crippen LogP) is 3.84. The molecular formula is C12H18. The molecule has 66 valence electrons. The van der Waals surface area contributed by atoms with Crippen LogP contribution in [0, 0.1) is 5.41 Å². The van der Waals surface area contributed by atoms with Gasteiger partial charge in [-0.3, -0.25) is 0 Å². The lowest BCUT2D eigenvalue weighted by molar-refractivity contribution is 0.551. The summed E-state index contributed by atoms with van der Waals surface area (Å²) >= 11 is 0. The van der Waals surface area contributed by atoms with Crippen molar-refractivity contribution in [1.82, 2.24) is 0 Å². The SMILES string of the molecule is CC1(CC2=CC=CCCC2)CC1. The lowest BCUT2D eigenvalue weighted by atomic mass is 9.95. The Morgan fingerprint density at radius 3 is 3.00 bits per heavy atom. The van der Waals surface area contributed by atoms with Gasteiger partial charge in [-0.05, 0) is 43.9 Å². The van der Waals surface area contributed by atoms with Crippen molar-refractivity contribution in [2.75, 3.05) is 0 Å². The van der Waals surface area contributed by atoms with E-state index in [4.69, 9.17) is 0 Å². The molecule has 0 aromatic heterocycles. The number of hydrogen-bond acceptors (Lipinski definition) is 0. The van der Waals surface area contributed by atoms with E-state index in [1.165, 1.54) is 38.5 Å². The molecule has 1 saturated carbocycles. The van der Waals surface area contributed by atoms with Crippen LogP contribution in [0.1, 0.15) is 45.4 Å². The summed E-state index contributed by atoms with van der Waals surface area (Å²) in [5.74, 6) is 0. The summed E-state index contributed by atoms with van der Waals surface area (Å²) in [7, 11) is 0. The normalized spacial score (nSPS) is 26.2. The van der Waals surface area contributed by atoms with Crippen LogP contribution in [0.2, 0.25) is 0 Å². The molecule has 0 radical (unpaired) electrons.